The Labute approximate surface area is 166 Å². The maximum Gasteiger partial charge on any atom is 0.290 e. The number of aromatic amines is 1. The first-order valence-corrected chi connectivity index (χ1v) is 9.26. The molecule has 2 aromatic heterocycles. The molecule has 2 aromatic carbocycles. The van der Waals surface area contributed by atoms with Crippen molar-refractivity contribution >= 4 is 28.3 Å². The molecule has 1 fully saturated rings. The summed E-state index contributed by atoms with van der Waals surface area (Å²) in [6.07, 6.45) is 3.27. The molecule has 5 rings (SSSR count). The van der Waals surface area contributed by atoms with E-state index in [9.17, 15) is 4.79 Å². The number of pyridine rings is 1. The molecule has 1 saturated heterocycles. The minimum absolute atomic E-state index is 0.0948. The zero-order valence-corrected chi connectivity index (χ0v) is 15.5. The number of amides is 1. The number of imidazole rings is 1. The van der Waals surface area contributed by atoms with Crippen LogP contribution in [0.1, 0.15) is 33.4 Å². The lowest BCUT2D eigenvalue weighted by Crippen LogP contribution is -2.13. The van der Waals surface area contributed by atoms with Crippen molar-refractivity contribution in [3.63, 3.8) is 0 Å². The van der Waals surface area contributed by atoms with Gasteiger partial charge in [-0.2, -0.15) is 0 Å². The molecular formula is C22H18N6O. The van der Waals surface area contributed by atoms with Crippen molar-refractivity contribution in [2.75, 3.05) is 12.3 Å². The van der Waals surface area contributed by atoms with Gasteiger partial charge >= 0.3 is 0 Å². The maximum atomic E-state index is 12.8. The Morgan fingerprint density at radius 1 is 1.14 bits per heavy atom. The van der Waals surface area contributed by atoms with Crippen molar-refractivity contribution in [2.24, 2.45) is 0 Å². The van der Waals surface area contributed by atoms with Gasteiger partial charge in [0.05, 0.1) is 22.8 Å². The van der Waals surface area contributed by atoms with Gasteiger partial charge in [0.1, 0.15) is 0 Å². The highest BCUT2D eigenvalue weighted by molar-refractivity contribution is 6.15. The summed E-state index contributed by atoms with van der Waals surface area (Å²) in [6, 6.07) is 17.0. The summed E-state index contributed by atoms with van der Waals surface area (Å²) in [5.74, 6) is 0.143. The lowest BCUT2D eigenvalue weighted by atomic mass is 10.0. The van der Waals surface area contributed by atoms with Crippen LogP contribution in [0.2, 0.25) is 0 Å². The number of aromatic nitrogens is 3. The van der Waals surface area contributed by atoms with Crippen LogP contribution in [0.25, 0.3) is 11.0 Å². The van der Waals surface area contributed by atoms with Crippen LogP contribution in [-0.4, -0.2) is 38.0 Å². The highest BCUT2D eigenvalue weighted by Crippen LogP contribution is 2.36. The summed E-state index contributed by atoms with van der Waals surface area (Å²) in [5, 5.41) is 8.46. The van der Waals surface area contributed by atoms with Gasteiger partial charge in [0.2, 0.25) is 0 Å². The molecule has 7 heteroatoms. The number of nitrogen functional groups attached to an aromatic ring is 1. The molecule has 3 heterocycles. The summed E-state index contributed by atoms with van der Waals surface area (Å²) in [4.78, 5) is 26.1. The number of hydrogen-bond donors (Lipinski definition) is 3. The molecule has 4 N–H and O–H groups in total. The number of benzene rings is 2. The smallest absolute Gasteiger partial charge is 0.290 e. The average molecular weight is 382 g/mol. The Balaban J connectivity index is 1.44. The Bertz CT molecular complexity index is 1230. The van der Waals surface area contributed by atoms with E-state index in [0.29, 0.717) is 34.4 Å². The number of rotatable bonds is 4. The summed E-state index contributed by atoms with van der Waals surface area (Å²) in [5.41, 5.74) is 10.6. The van der Waals surface area contributed by atoms with E-state index in [1.807, 2.05) is 30.3 Å². The molecule has 0 saturated carbocycles. The van der Waals surface area contributed by atoms with Gasteiger partial charge in [-0.3, -0.25) is 15.2 Å². The van der Waals surface area contributed by atoms with E-state index in [0.717, 1.165) is 5.56 Å². The molecular weight excluding hydrogens is 364 g/mol. The van der Waals surface area contributed by atoms with Gasteiger partial charge in [0.25, 0.3) is 5.91 Å². The highest BCUT2D eigenvalue weighted by atomic mass is 16.2. The largest absolute Gasteiger partial charge is 0.398 e. The SMILES string of the molecule is N=C(c1ccncc1)c1cc2nc(C(=O)N3CC3c3ccccc3)[nH]c2cc1N. The second kappa shape index (κ2) is 6.56. The van der Waals surface area contributed by atoms with Gasteiger partial charge in [-0.15, -0.1) is 0 Å². The topological polar surface area (TPSA) is 112 Å². The number of nitrogens with zero attached hydrogens (tertiary/aromatic N) is 3. The first-order chi connectivity index (χ1) is 14.1. The molecule has 142 valence electrons. The van der Waals surface area contributed by atoms with Crippen molar-refractivity contribution in [3.05, 3.63) is 89.5 Å². The van der Waals surface area contributed by atoms with Crippen LogP contribution >= 0.6 is 0 Å². The van der Waals surface area contributed by atoms with E-state index in [1.165, 1.54) is 0 Å². The molecule has 1 unspecified atom stereocenters. The lowest BCUT2D eigenvalue weighted by Gasteiger charge is -2.07. The molecule has 4 aromatic rings. The van der Waals surface area contributed by atoms with Crippen molar-refractivity contribution in [3.8, 4) is 0 Å². The number of fused-ring (bicyclic) bond motifs is 1. The van der Waals surface area contributed by atoms with Gasteiger partial charge in [-0.05, 0) is 29.8 Å². The minimum atomic E-state index is -0.139. The minimum Gasteiger partial charge on any atom is -0.398 e. The second-order valence-corrected chi connectivity index (χ2v) is 7.04. The third-order valence-electron chi connectivity index (χ3n) is 5.15. The van der Waals surface area contributed by atoms with E-state index in [1.54, 1.807) is 41.6 Å². The van der Waals surface area contributed by atoms with Crippen molar-refractivity contribution < 1.29 is 4.79 Å². The van der Waals surface area contributed by atoms with Crippen LogP contribution in [-0.2, 0) is 0 Å². The third kappa shape index (κ3) is 3.02. The fourth-order valence-electron chi connectivity index (χ4n) is 3.53. The molecule has 0 bridgehead atoms. The van der Waals surface area contributed by atoms with Gasteiger partial charge in [0, 0.05) is 35.8 Å². The Hall–Kier alpha value is -4.00. The Morgan fingerprint density at radius 2 is 1.90 bits per heavy atom. The number of anilines is 1. The predicted octanol–water partition coefficient (Wildman–Crippen LogP) is 3.15. The lowest BCUT2D eigenvalue weighted by molar-refractivity contribution is 0.0864. The number of nitrogens with one attached hydrogen (secondary N) is 2. The molecule has 1 aliphatic heterocycles. The van der Waals surface area contributed by atoms with Crippen molar-refractivity contribution in [1.82, 2.24) is 19.9 Å². The molecule has 0 radical (unpaired) electrons. The number of carbonyl (C=O) groups is 1. The van der Waals surface area contributed by atoms with Crippen LogP contribution in [0, 0.1) is 5.41 Å². The fraction of sp³-hybridized carbons (Fsp3) is 0.0909. The highest BCUT2D eigenvalue weighted by Gasteiger charge is 2.41. The van der Waals surface area contributed by atoms with Gasteiger partial charge in [-0.25, -0.2) is 4.98 Å². The van der Waals surface area contributed by atoms with E-state index < -0.39 is 0 Å². The predicted molar refractivity (Wildman–Crippen MR) is 111 cm³/mol. The zero-order chi connectivity index (χ0) is 20.0. The first-order valence-electron chi connectivity index (χ1n) is 9.26. The van der Waals surface area contributed by atoms with Crippen molar-refractivity contribution in [1.29, 1.82) is 5.41 Å². The van der Waals surface area contributed by atoms with E-state index >= 15 is 0 Å². The first kappa shape index (κ1) is 17.1. The van der Waals surface area contributed by atoms with E-state index in [-0.39, 0.29) is 23.5 Å². The van der Waals surface area contributed by atoms with Gasteiger partial charge in [-0.1, -0.05) is 30.3 Å². The Morgan fingerprint density at radius 3 is 2.66 bits per heavy atom. The molecule has 29 heavy (non-hydrogen) atoms. The maximum absolute atomic E-state index is 12.8. The standard InChI is InChI=1S/C22H18N6O/c23-16-11-18-17(10-15(16)20(24)14-6-8-25-9-7-14)26-21(27-18)22(29)28-12-19(28)13-4-2-1-3-5-13/h1-11,19,24H,12,23H2,(H,26,27). The number of H-pyrrole nitrogens is 1. The fourth-order valence-corrected chi connectivity index (χ4v) is 3.53. The van der Waals surface area contributed by atoms with Crippen LogP contribution in [0.4, 0.5) is 5.69 Å². The van der Waals surface area contributed by atoms with Crippen molar-refractivity contribution in [2.45, 2.75) is 6.04 Å². The van der Waals surface area contributed by atoms with Crippen LogP contribution < -0.4 is 5.73 Å². The van der Waals surface area contributed by atoms with Crippen LogP contribution in [0.3, 0.4) is 0 Å². The Kier molecular flexibility index (Phi) is 3.87. The molecule has 1 aliphatic rings. The summed E-state index contributed by atoms with van der Waals surface area (Å²) in [7, 11) is 0. The number of nitrogens with two attached hydrogens (primary N) is 1. The van der Waals surface area contributed by atoms with Gasteiger partial charge in [0.15, 0.2) is 5.82 Å². The average Bonchev–Trinajstić information content (AvgIpc) is 3.46. The molecule has 7 nitrogen and oxygen atoms in total. The van der Waals surface area contributed by atoms with Crippen LogP contribution in [0.15, 0.2) is 67.0 Å². The molecule has 0 aliphatic carbocycles. The second-order valence-electron chi connectivity index (χ2n) is 7.04. The van der Waals surface area contributed by atoms with Crippen LogP contribution in [0.5, 0.6) is 0 Å². The normalized spacial score (nSPS) is 15.4. The summed E-state index contributed by atoms with van der Waals surface area (Å²) < 4.78 is 0. The van der Waals surface area contributed by atoms with E-state index in [4.69, 9.17) is 11.1 Å². The van der Waals surface area contributed by atoms with Gasteiger partial charge < -0.3 is 15.6 Å². The molecule has 1 atom stereocenters. The number of carbonyl (C=O) groups excluding carboxylic acids is 1. The summed E-state index contributed by atoms with van der Waals surface area (Å²) >= 11 is 0. The molecule has 1 amide bonds. The zero-order valence-electron chi connectivity index (χ0n) is 15.5. The number of hydrogen-bond acceptors (Lipinski definition) is 5. The molecule has 0 spiro atoms. The van der Waals surface area contributed by atoms with E-state index in [2.05, 4.69) is 15.0 Å². The quantitative estimate of drug-likeness (QED) is 0.286. The third-order valence-corrected chi connectivity index (χ3v) is 5.15. The summed E-state index contributed by atoms with van der Waals surface area (Å²) in [6.45, 7) is 0.681. The monoisotopic (exact) mass is 382 g/mol.